The van der Waals surface area contributed by atoms with E-state index in [1.807, 2.05) is 59.2 Å². The Balaban J connectivity index is 1.34. The molecule has 0 radical (unpaired) electrons. The highest BCUT2D eigenvalue weighted by molar-refractivity contribution is 7.19. The summed E-state index contributed by atoms with van der Waals surface area (Å²) in [6.45, 7) is 3.50. The summed E-state index contributed by atoms with van der Waals surface area (Å²) in [5, 5.41) is 7.97. The van der Waals surface area contributed by atoms with Crippen molar-refractivity contribution in [3.8, 4) is 10.4 Å². The Labute approximate surface area is 156 Å². The maximum atomic E-state index is 12.5. The van der Waals surface area contributed by atoms with Crippen LogP contribution in [0.25, 0.3) is 10.4 Å². The number of urea groups is 1. The van der Waals surface area contributed by atoms with E-state index in [1.54, 1.807) is 0 Å². The Bertz CT molecular complexity index is 880. The minimum Gasteiger partial charge on any atom is -0.324 e. The fraction of sp³-hybridized carbons (Fsp3) is 0.316. The summed E-state index contributed by atoms with van der Waals surface area (Å²) >= 11 is 1.49. The molecule has 26 heavy (non-hydrogen) atoms. The van der Waals surface area contributed by atoms with Crippen LogP contribution in [0, 0.1) is 6.92 Å². The minimum atomic E-state index is -0.0749. The van der Waals surface area contributed by atoms with Gasteiger partial charge in [-0.3, -0.25) is 10.00 Å². The number of anilines is 1. The Hall–Kier alpha value is -2.67. The third-order valence-corrected chi connectivity index (χ3v) is 5.60. The van der Waals surface area contributed by atoms with Crippen molar-refractivity contribution in [2.75, 3.05) is 18.4 Å². The van der Waals surface area contributed by atoms with Gasteiger partial charge < -0.3 is 4.90 Å². The van der Waals surface area contributed by atoms with Crippen molar-refractivity contribution in [3.05, 3.63) is 54.5 Å². The summed E-state index contributed by atoms with van der Waals surface area (Å²) in [5.74, 6) is 0. The van der Waals surface area contributed by atoms with Gasteiger partial charge in [-0.05, 0) is 30.9 Å². The lowest BCUT2D eigenvalue weighted by Crippen LogP contribution is -2.41. The Morgan fingerprint density at radius 3 is 2.65 bits per heavy atom. The monoisotopic (exact) mass is 367 g/mol. The van der Waals surface area contributed by atoms with Crippen LogP contribution in [0.3, 0.4) is 0 Å². The van der Waals surface area contributed by atoms with Crippen LogP contribution in [-0.4, -0.2) is 38.8 Å². The largest absolute Gasteiger partial charge is 0.324 e. The van der Waals surface area contributed by atoms with Gasteiger partial charge in [-0.15, -0.1) is 0 Å². The number of benzene rings is 1. The summed E-state index contributed by atoms with van der Waals surface area (Å²) in [4.78, 5) is 19.8. The zero-order chi connectivity index (χ0) is 17.9. The molecule has 1 fully saturated rings. The summed E-state index contributed by atoms with van der Waals surface area (Å²) in [7, 11) is 0. The SMILES string of the molecule is Cc1cnn(C2CCN(C(=O)Nc3ncc(-c4ccccc4)s3)CC2)c1. The van der Waals surface area contributed by atoms with Crippen molar-refractivity contribution in [2.24, 2.45) is 0 Å². The maximum absolute atomic E-state index is 12.5. The highest BCUT2D eigenvalue weighted by atomic mass is 32.1. The summed E-state index contributed by atoms with van der Waals surface area (Å²) < 4.78 is 2.03. The smallest absolute Gasteiger partial charge is 0.323 e. The van der Waals surface area contributed by atoms with E-state index in [-0.39, 0.29) is 6.03 Å². The van der Waals surface area contributed by atoms with E-state index in [0.29, 0.717) is 11.2 Å². The second-order valence-electron chi connectivity index (χ2n) is 6.54. The number of hydrogen-bond acceptors (Lipinski definition) is 4. The van der Waals surface area contributed by atoms with E-state index < -0.39 is 0 Å². The molecule has 2 amide bonds. The van der Waals surface area contributed by atoms with Crippen LogP contribution >= 0.6 is 11.3 Å². The molecule has 1 saturated heterocycles. The Morgan fingerprint density at radius 1 is 1.19 bits per heavy atom. The molecule has 0 bridgehead atoms. The number of nitrogens with zero attached hydrogens (tertiary/aromatic N) is 4. The third-order valence-electron chi connectivity index (χ3n) is 4.63. The number of rotatable bonds is 3. The number of carbonyl (C=O) groups is 1. The van der Waals surface area contributed by atoms with Crippen LogP contribution in [0.15, 0.2) is 48.9 Å². The lowest BCUT2D eigenvalue weighted by Gasteiger charge is -2.31. The second kappa shape index (κ2) is 7.29. The van der Waals surface area contributed by atoms with Crippen LogP contribution in [-0.2, 0) is 0 Å². The van der Waals surface area contributed by atoms with Crippen LogP contribution in [0.1, 0.15) is 24.4 Å². The van der Waals surface area contributed by atoms with Gasteiger partial charge in [0.05, 0.1) is 17.1 Å². The summed E-state index contributed by atoms with van der Waals surface area (Å²) in [6, 6.07) is 10.4. The quantitative estimate of drug-likeness (QED) is 0.755. The zero-order valence-corrected chi connectivity index (χ0v) is 15.4. The molecule has 4 rings (SSSR count). The van der Waals surface area contributed by atoms with Crippen molar-refractivity contribution in [1.82, 2.24) is 19.7 Å². The van der Waals surface area contributed by atoms with Crippen LogP contribution in [0.2, 0.25) is 0 Å². The van der Waals surface area contributed by atoms with Crippen LogP contribution in [0.4, 0.5) is 9.93 Å². The van der Waals surface area contributed by atoms with Gasteiger partial charge in [-0.1, -0.05) is 41.7 Å². The maximum Gasteiger partial charge on any atom is 0.323 e. The van der Waals surface area contributed by atoms with Crippen molar-refractivity contribution < 1.29 is 4.79 Å². The average molecular weight is 367 g/mol. The Kier molecular flexibility index (Phi) is 4.71. The number of thiazole rings is 1. The predicted molar refractivity (Wildman–Crippen MR) is 103 cm³/mol. The van der Waals surface area contributed by atoms with Crippen LogP contribution < -0.4 is 5.32 Å². The number of amides is 2. The molecule has 1 N–H and O–H groups in total. The minimum absolute atomic E-state index is 0.0749. The van der Waals surface area contributed by atoms with E-state index in [1.165, 1.54) is 16.9 Å². The van der Waals surface area contributed by atoms with Gasteiger partial charge in [0.25, 0.3) is 0 Å². The second-order valence-corrected chi connectivity index (χ2v) is 7.57. The normalized spacial score (nSPS) is 15.2. The van der Waals surface area contributed by atoms with Gasteiger partial charge in [-0.2, -0.15) is 5.10 Å². The molecule has 0 aliphatic carbocycles. The number of likely N-dealkylation sites (tertiary alicyclic amines) is 1. The lowest BCUT2D eigenvalue weighted by atomic mass is 10.1. The van der Waals surface area contributed by atoms with Gasteiger partial charge in [0.15, 0.2) is 5.13 Å². The van der Waals surface area contributed by atoms with E-state index in [4.69, 9.17) is 0 Å². The van der Waals surface area contributed by atoms with Gasteiger partial charge in [0, 0.05) is 25.5 Å². The molecule has 0 atom stereocenters. The molecule has 134 valence electrons. The topological polar surface area (TPSA) is 63.1 Å². The number of aromatic nitrogens is 3. The first kappa shape index (κ1) is 16.8. The number of nitrogens with one attached hydrogen (secondary N) is 1. The van der Waals surface area contributed by atoms with Crippen LogP contribution in [0.5, 0.6) is 0 Å². The molecule has 6 nitrogen and oxygen atoms in total. The molecule has 1 aromatic carbocycles. The zero-order valence-electron chi connectivity index (χ0n) is 14.6. The molecule has 1 aliphatic heterocycles. The highest BCUT2D eigenvalue weighted by Gasteiger charge is 2.24. The number of aryl methyl sites for hydroxylation is 1. The predicted octanol–water partition coefficient (Wildman–Crippen LogP) is 4.18. The number of piperidine rings is 1. The lowest BCUT2D eigenvalue weighted by molar-refractivity contribution is 0.180. The standard InChI is InChI=1S/C19H21N5OS/c1-14-11-21-24(13-14)16-7-9-23(10-8-16)19(25)22-18-20-12-17(26-18)15-5-3-2-4-6-15/h2-6,11-13,16H,7-10H2,1H3,(H,20,22,25). The highest BCUT2D eigenvalue weighted by Crippen LogP contribution is 2.29. The molecule has 0 saturated carbocycles. The Morgan fingerprint density at radius 2 is 1.96 bits per heavy atom. The molecule has 7 heteroatoms. The van der Waals surface area contributed by atoms with E-state index in [0.717, 1.165) is 36.4 Å². The molecule has 1 aliphatic rings. The first-order valence-electron chi connectivity index (χ1n) is 8.77. The molecule has 0 unspecified atom stereocenters. The molecule has 3 aromatic rings. The molecule has 3 heterocycles. The average Bonchev–Trinajstić information content (AvgIpc) is 3.32. The molecule has 0 spiro atoms. The number of hydrogen-bond donors (Lipinski definition) is 1. The van der Waals surface area contributed by atoms with E-state index in [2.05, 4.69) is 21.6 Å². The van der Waals surface area contributed by atoms with Crippen molar-refractivity contribution in [2.45, 2.75) is 25.8 Å². The van der Waals surface area contributed by atoms with Gasteiger partial charge >= 0.3 is 6.03 Å². The summed E-state index contributed by atoms with van der Waals surface area (Å²) in [6.07, 6.45) is 7.60. The number of carbonyl (C=O) groups excluding carboxylic acids is 1. The van der Waals surface area contributed by atoms with Crippen molar-refractivity contribution in [1.29, 1.82) is 0 Å². The first-order chi connectivity index (χ1) is 12.7. The fourth-order valence-electron chi connectivity index (χ4n) is 3.20. The van der Waals surface area contributed by atoms with Crippen molar-refractivity contribution in [3.63, 3.8) is 0 Å². The molecular weight excluding hydrogens is 346 g/mol. The van der Waals surface area contributed by atoms with Gasteiger partial charge in [0.2, 0.25) is 0 Å². The van der Waals surface area contributed by atoms with E-state index >= 15 is 0 Å². The van der Waals surface area contributed by atoms with E-state index in [9.17, 15) is 4.79 Å². The van der Waals surface area contributed by atoms with Gasteiger partial charge in [0.1, 0.15) is 0 Å². The molecule has 2 aromatic heterocycles. The third kappa shape index (κ3) is 3.62. The fourth-order valence-corrected chi connectivity index (χ4v) is 4.02. The summed E-state index contributed by atoms with van der Waals surface area (Å²) in [5.41, 5.74) is 2.28. The first-order valence-corrected chi connectivity index (χ1v) is 9.58. The van der Waals surface area contributed by atoms with Gasteiger partial charge in [-0.25, -0.2) is 9.78 Å². The molecular formula is C19H21N5OS. The van der Waals surface area contributed by atoms with Crippen molar-refractivity contribution >= 4 is 22.5 Å².